The van der Waals surface area contributed by atoms with Crippen molar-refractivity contribution in [2.45, 2.75) is 38.8 Å². The number of amides is 1. The molecule has 146 valence electrons. The molecule has 0 aliphatic carbocycles. The molecule has 6 heteroatoms. The Bertz CT molecular complexity index is 1030. The first kappa shape index (κ1) is 18.3. The number of nitrogens with zero attached hydrogens (tertiary/aromatic N) is 2. The normalized spacial score (nSPS) is 16.3. The number of hydrogen-bond donors (Lipinski definition) is 1. The molecule has 0 radical (unpaired) electrons. The lowest BCUT2D eigenvalue weighted by molar-refractivity contribution is -0.139. The zero-order chi connectivity index (χ0) is 19.7. The van der Waals surface area contributed by atoms with Crippen molar-refractivity contribution in [3.05, 3.63) is 64.6 Å². The predicted octanol–water partition coefficient (Wildman–Crippen LogP) is 3.27. The second-order valence-corrected chi connectivity index (χ2v) is 7.45. The number of H-pyrrole nitrogens is 1. The van der Waals surface area contributed by atoms with Crippen LogP contribution in [0.25, 0.3) is 11.0 Å². The third kappa shape index (κ3) is 3.54. The summed E-state index contributed by atoms with van der Waals surface area (Å²) in [6.45, 7) is 5.05. The maximum Gasteiger partial charge on any atom is 0.326 e. The first-order valence-electron chi connectivity index (χ1n) is 9.74. The largest absolute Gasteiger partial charge is 0.481 e. The van der Waals surface area contributed by atoms with Crippen LogP contribution in [0.3, 0.4) is 0 Å². The van der Waals surface area contributed by atoms with E-state index in [1.807, 2.05) is 64.9 Å². The Morgan fingerprint density at radius 1 is 1.11 bits per heavy atom. The molecule has 1 aromatic heterocycles. The molecular weight excluding hydrogens is 354 g/mol. The molecule has 0 saturated carbocycles. The number of imidazole rings is 1. The number of likely N-dealkylation sites (tertiary alicyclic amines) is 1. The fourth-order valence-corrected chi connectivity index (χ4v) is 3.91. The molecule has 1 fully saturated rings. The molecule has 1 aliphatic rings. The summed E-state index contributed by atoms with van der Waals surface area (Å²) in [6, 6.07) is 15.5. The number of aryl methyl sites for hydroxylation is 1. The van der Waals surface area contributed by atoms with Gasteiger partial charge in [-0.2, -0.15) is 0 Å². The highest BCUT2D eigenvalue weighted by atomic mass is 16.5. The van der Waals surface area contributed by atoms with Crippen LogP contribution in [0, 0.1) is 6.92 Å². The third-order valence-electron chi connectivity index (χ3n) is 5.45. The number of carbonyl (C=O) groups is 1. The molecule has 1 amide bonds. The fourth-order valence-electron chi connectivity index (χ4n) is 3.91. The minimum Gasteiger partial charge on any atom is -0.481 e. The highest BCUT2D eigenvalue weighted by Gasteiger charge is 2.29. The SMILES string of the molecule is Cc1ccc(OC(C)C(=O)N2CCC(n3c(=O)[nH]c4ccccc43)CC2)cc1. The van der Waals surface area contributed by atoms with Crippen molar-refractivity contribution in [2.75, 3.05) is 13.1 Å². The van der Waals surface area contributed by atoms with Gasteiger partial charge in [-0.1, -0.05) is 29.8 Å². The van der Waals surface area contributed by atoms with Crippen LogP contribution < -0.4 is 10.4 Å². The monoisotopic (exact) mass is 379 g/mol. The van der Waals surface area contributed by atoms with E-state index in [4.69, 9.17) is 4.74 Å². The Labute approximate surface area is 163 Å². The number of hydrogen-bond acceptors (Lipinski definition) is 3. The highest BCUT2D eigenvalue weighted by molar-refractivity contribution is 5.81. The molecule has 1 unspecified atom stereocenters. The summed E-state index contributed by atoms with van der Waals surface area (Å²) in [5, 5.41) is 0. The Balaban J connectivity index is 1.40. The molecule has 1 N–H and O–H groups in total. The highest BCUT2D eigenvalue weighted by Crippen LogP contribution is 2.25. The van der Waals surface area contributed by atoms with Crippen molar-refractivity contribution < 1.29 is 9.53 Å². The lowest BCUT2D eigenvalue weighted by Gasteiger charge is -2.34. The number of carbonyl (C=O) groups excluding carboxylic acids is 1. The van der Waals surface area contributed by atoms with Crippen LogP contribution in [0.15, 0.2) is 53.3 Å². The lowest BCUT2D eigenvalue weighted by atomic mass is 10.0. The predicted molar refractivity (Wildman–Crippen MR) is 109 cm³/mol. The molecule has 2 heterocycles. The Kier molecular flexibility index (Phi) is 4.94. The van der Waals surface area contributed by atoms with Crippen LogP contribution in [0.4, 0.5) is 0 Å². The van der Waals surface area contributed by atoms with Crippen molar-refractivity contribution in [1.82, 2.24) is 14.5 Å². The molecule has 0 spiro atoms. The Morgan fingerprint density at radius 3 is 2.50 bits per heavy atom. The standard InChI is InChI=1S/C22H25N3O3/c1-15-7-9-18(10-8-15)28-16(2)21(26)24-13-11-17(12-14-24)25-20-6-4-3-5-19(20)23-22(25)27/h3-10,16-17H,11-14H2,1-2H3,(H,23,27). The zero-order valence-corrected chi connectivity index (χ0v) is 16.2. The maximum atomic E-state index is 12.8. The van der Waals surface area contributed by atoms with Gasteiger partial charge in [0, 0.05) is 19.1 Å². The number of ether oxygens (including phenoxy) is 1. The van der Waals surface area contributed by atoms with Gasteiger partial charge in [-0.15, -0.1) is 0 Å². The van der Waals surface area contributed by atoms with Gasteiger partial charge >= 0.3 is 5.69 Å². The summed E-state index contributed by atoms with van der Waals surface area (Å²) in [7, 11) is 0. The minimum atomic E-state index is -0.532. The molecule has 6 nitrogen and oxygen atoms in total. The van der Waals surface area contributed by atoms with E-state index in [-0.39, 0.29) is 17.6 Å². The van der Waals surface area contributed by atoms with Crippen molar-refractivity contribution in [3.63, 3.8) is 0 Å². The molecule has 4 rings (SSSR count). The number of rotatable bonds is 4. The number of para-hydroxylation sites is 2. The molecule has 1 aliphatic heterocycles. The molecular formula is C22H25N3O3. The van der Waals surface area contributed by atoms with Crippen molar-refractivity contribution in [2.24, 2.45) is 0 Å². The van der Waals surface area contributed by atoms with E-state index in [0.29, 0.717) is 18.8 Å². The van der Waals surface area contributed by atoms with Crippen LogP contribution in [0.1, 0.15) is 31.4 Å². The van der Waals surface area contributed by atoms with Gasteiger partial charge in [0.2, 0.25) is 0 Å². The number of piperidine rings is 1. The third-order valence-corrected chi connectivity index (χ3v) is 5.45. The van der Waals surface area contributed by atoms with Crippen LogP contribution >= 0.6 is 0 Å². The smallest absolute Gasteiger partial charge is 0.326 e. The molecule has 0 bridgehead atoms. The van der Waals surface area contributed by atoms with Crippen LogP contribution in [-0.2, 0) is 4.79 Å². The summed E-state index contributed by atoms with van der Waals surface area (Å²) >= 11 is 0. The molecule has 3 aromatic rings. The van der Waals surface area contributed by atoms with Gasteiger partial charge in [-0.25, -0.2) is 4.79 Å². The maximum absolute atomic E-state index is 12.8. The van der Waals surface area contributed by atoms with Crippen molar-refractivity contribution >= 4 is 16.9 Å². The van der Waals surface area contributed by atoms with E-state index in [9.17, 15) is 9.59 Å². The van der Waals surface area contributed by atoms with E-state index in [1.165, 1.54) is 0 Å². The van der Waals surface area contributed by atoms with E-state index >= 15 is 0 Å². The molecule has 28 heavy (non-hydrogen) atoms. The van der Waals surface area contributed by atoms with Crippen LogP contribution in [0.5, 0.6) is 5.75 Å². The average Bonchev–Trinajstić information content (AvgIpc) is 3.05. The van der Waals surface area contributed by atoms with E-state index in [2.05, 4.69) is 4.98 Å². The number of aromatic amines is 1. The number of benzene rings is 2. The summed E-state index contributed by atoms with van der Waals surface area (Å²) in [6.07, 6.45) is 0.977. The van der Waals surface area contributed by atoms with Gasteiger partial charge in [0.05, 0.1) is 11.0 Å². The van der Waals surface area contributed by atoms with Crippen LogP contribution in [0.2, 0.25) is 0 Å². The molecule has 2 aromatic carbocycles. The minimum absolute atomic E-state index is 0.00898. The second-order valence-electron chi connectivity index (χ2n) is 7.45. The van der Waals surface area contributed by atoms with Gasteiger partial charge < -0.3 is 14.6 Å². The van der Waals surface area contributed by atoms with Crippen molar-refractivity contribution in [3.8, 4) is 5.75 Å². The average molecular weight is 379 g/mol. The first-order valence-corrected chi connectivity index (χ1v) is 9.74. The fraction of sp³-hybridized carbons (Fsp3) is 0.364. The van der Waals surface area contributed by atoms with Gasteiger partial charge in [-0.05, 0) is 51.0 Å². The van der Waals surface area contributed by atoms with Gasteiger partial charge in [-0.3, -0.25) is 9.36 Å². The number of aromatic nitrogens is 2. The summed E-state index contributed by atoms with van der Waals surface area (Å²) in [4.78, 5) is 29.9. The van der Waals surface area contributed by atoms with Gasteiger partial charge in [0.1, 0.15) is 5.75 Å². The molecule has 1 atom stereocenters. The zero-order valence-electron chi connectivity index (χ0n) is 16.2. The first-order chi connectivity index (χ1) is 13.5. The molecule has 1 saturated heterocycles. The number of nitrogens with one attached hydrogen (secondary N) is 1. The van der Waals surface area contributed by atoms with Gasteiger partial charge in [0.25, 0.3) is 5.91 Å². The van der Waals surface area contributed by atoms with E-state index in [1.54, 1.807) is 6.92 Å². The summed E-state index contributed by atoms with van der Waals surface area (Å²) in [5.41, 5.74) is 2.85. The second kappa shape index (κ2) is 7.54. The van der Waals surface area contributed by atoms with Gasteiger partial charge in [0.15, 0.2) is 6.10 Å². The quantitative estimate of drug-likeness (QED) is 0.757. The van der Waals surface area contributed by atoms with Crippen LogP contribution in [-0.4, -0.2) is 39.6 Å². The number of fused-ring (bicyclic) bond motifs is 1. The summed E-state index contributed by atoms with van der Waals surface area (Å²) < 4.78 is 7.65. The topological polar surface area (TPSA) is 67.3 Å². The summed E-state index contributed by atoms with van der Waals surface area (Å²) in [5.74, 6) is 0.692. The van der Waals surface area contributed by atoms with E-state index in [0.717, 1.165) is 29.4 Å². The Hall–Kier alpha value is -3.02. The van der Waals surface area contributed by atoms with Crippen molar-refractivity contribution in [1.29, 1.82) is 0 Å². The van der Waals surface area contributed by atoms with E-state index < -0.39 is 6.10 Å². The lowest BCUT2D eigenvalue weighted by Crippen LogP contribution is -2.45. The Morgan fingerprint density at radius 2 is 1.79 bits per heavy atom.